The number of carbonyl (C=O) groups is 1. The molecular weight excluding hydrogens is 308 g/mol. The number of ether oxygens (including phenoxy) is 1. The molecule has 3 heterocycles. The van der Waals surface area contributed by atoms with Gasteiger partial charge in [0.1, 0.15) is 0 Å². The molecule has 0 radical (unpaired) electrons. The minimum absolute atomic E-state index is 0.000385. The normalized spacial score (nSPS) is 23.7. The Kier molecular flexibility index (Phi) is 4.55. The smallest absolute Gasteiger partial charge is 0.318 e. The zero-order valence-electron chi connectivity index (χ0n) is 15.1. The van der Waals surface area contributed by atoms with Crippen molar-refractivity contribution < 1.29 is 13.9 Å². The van der Waals surface area contributed by atoms with Gasteiger partial charge in [0, 0.05) is 32.0 Å². The van der Waals surface area contributed by atoms with Crippen molar-refractivity contribution in [3.05, 3.63) is 5.89 Å². The average Bonchev–Trinajstić information content (AvgIpc) is 3.14. The fourth-order valence-corrected chi connectivity index (χ4v) is 3.42. The third-order valence-electron chi connectivity index (χ3n) is 4.92. The van der Waals surface area contributed by atoms with Crippen molar-refractivity contribution in [2.75, 3.05) is 24.5 Å². The molecule has 1 spiro atoms. The summed E-state index contributed by atoms with van der Waals surface area (Å²) in [4.78, 5) is 13.2. The monoisotopic (exact) mass is 336 g/mol. The van der Waals surface area contributed by atoms with E-state index in [1.165, 1.54) is 0 Å². The second-order valence-corrected chi connectivity index (χ2v) is 8.03. The molecule has 2 saturated heterocycles. The van der Waals surface area contributed by atoms with Gasteiger partial charge in [-0.15, -0.1) is 5.10 Å². The number of hydrogen-bond acceptors (Lipinski definition) is 6. The van der Waals surface area contributed by atoms with Gasteiger partial charge in [0.2, 0.25) is 11.8 Å². The summed E-state index contributed by atoms with van der Waals surface area (Å²) in [7, 11) is 0. The van der Waals surface area contributed by atoms with E-state index in [2.05, 4.69) is 41.2 Å². The van der Waals surface area contributed by atoms with Crippen molar-refractivity contribution in [1.29, 1.82) is 0 Å². The van der Waals surface area contributed by atoms with Gasteiger partial charge in [-0.3, -0.25) is 4.79 Å². The van der Waals surface area contributed by atoms with Crippen molar-refractivity contribution >= 4 is 11.9 Å². The molecule has 134 valence electrons. The van der Waals surface area contributed by atoms with Crippen LogP contribution in [0.2, 0.25) is 0 Å². The predicted molar refractivity (Wildman–Crippen MR) is 90.0 cm³/mol. The first-order valence-electron chi connectivity index (χ1n) is 8.79. The zero-order valence-corrected chi connectivity index (χ0v) is 15.1. The van der Waals surface area contributed by atoms with E-state index < -0.39 is 0 Å². The topological polar surface area (TPSA) is 80.5 Å². The Bertz CT molecular complexity index is 585. The molecule has 0 bridgehead atoms. The molecule has 1 amide bonds. The maximum Gasteiger partial charge on any atom is 0.318 e. The largest absolute Gasteiger partial charge is 0.407 e. The van der Waals surface area contributed by atoms with E-state index in [4.69, 9.17) is 9.15 Å². The molecule has 0 aliphatic carbocycles. The van der Waals surface area contributed by atoms with E-state index in [0.29, 0.717) is 18.5 Å². The number of nitrogens with zero attached hydrogens (tertiary/aromatic N) is 3. The van der Waals surface area contributed by atoms with Crippen LogP contribution in [0.4, 0.5) is 6.01 Å². The van der Waals surface area contributed by atoms with Crippen LogP contribution in [0.3, 0.4) is 0 Å². The van der Waals surface area contributed by atoms with Gasteiger partial charge in [-0.1, -0.05) is 25.9 Å². The Hall–Kier alpha value is -1.63. The first-order chi connectivity index (χ1) is 11.3. The summed E-state index contributed by atoms with van der Waals surface area (Å²) < 4.78 is 12.1. The number of rotatable bonds is 3. The molecule has 1 atom stereocenters. The zero-order chi connectivity index (χ0) is 17.4. The van der Waals surface area contributed by atoms with E-state index in [1.807, 2.05) is 0 Å². The van der Waals surface area contributed by atoms with Crippen LogP contribution in [0.5, 0.6) is 0 Å². The van der Waals surface area contributed by atoms with Gasteiger partial charge in [0.25, 0.3) is 0 Å². The number of anilines is 1. The van der Waals surface area contributed by atoms with Crippen LogP contribution in [-0.4, -0.2) is 47.4 Å². The molecule has 1 aromatic heterocycles. The van der Waals surface area contributed by atoms with E-state index in [-0.39, 0.29) is 23.0 Å². The van der Waals surface area contributed by atoms with Gasteiger partial charge in [-0.25, -0.2) is 0 Å². The van der Waals surface area contributed by atoms with Crippen LogP contribution < -0.4 is 10.2 Å². The molecule has 1 aromatic rings. The number of nitrogens with one attached hydrogen (secondary N) is 1. The lowest BCUT2D eigenvalue weighted by molar-refractivity contribution is -0.120. The molecule has 1 N–H and O–H groups in total. The summed E-state index contributed by atoms with van der Waals surface area (Å²) in [6, 6.07) is 0.613. The third kappa shape index (κ3) is 3.71. The van der Waals surface area contributed by atoms with Crippen molar-refractivity contribution in [3.8, 4) is 0 Å². The Balaban J connectivity index is 1.54. The highest BCUT2D eigenvalue weighted by Crippen LogP contribution is 2.39. The molecular formula is C17H28N4O3. The number of amides is 1. The summed E-state index contributed by atoms with van der Waals surface area (Å²) in [5.41, 5.74) is -0.180. The lowest BCUT2D eigenvalue weighted by atomic mass is 9.88. The molecule has 0 saturated carbocycles. The van der Waals surface area contributed by atoms with E-state index in [9.17, 15) is 4.79 Å². The number of carbonyl (C=O) groups excluding carboxylic acids is 1. The highest BCUT2D eigenvalue weighted by Gasteiger charge is 2.43. The number of hydrogen-bond donors (Lipinski definition) is 1. The minimum atomic E-state index is -0.131. The van der Waals surface area contributed by atoms with Crippen LogP contribution in [0, 0.1) is 0 Å². The second kappa shape index (κ2) is 6.35. The average molecular weight is 336 g/mol. The van der Waals surface area contributed by atoms with Gasteiger partial charge in [0.05, 0.1) is 11.7 Å². The summed E-state index contributed by atoms with van der Waals surface area (Å²) >= 11 is 0. The molecule has 24 heavy (non-hydrogen) atoms. The van der Waals surface area contributed by atoms with E-state index >= 15 is 0 Å². The first-order valence-corrected chi connectivity index (χ1v) is 8.79. The molecule has 2 aliphatic rings. The summed E-state index contributed by atoms with van der Waals surface area (Å²) in [6.45, 7) is 10.1. The van der Waals surface area contributed by atoms with Crippen molar-refractivity contribution in [1.82, 2.24) is 15.5 Å². The minimum Gasteiger partial charge on any atom is -0.407 e. The predicted octanol–water partition coefficient (Wildman–Crippen LogP) is 2.02. The van der Waals surface area contributed by atoms with Crippen molar-refractivity contribution in [2.24, 2.45) is 0 Å². The molecule has 2 aliphatic heterocycles. The Morgan fingerprint density at radius 3 is 2.58 bits per heavy atom. The molecule has 7 nitrogen and oxygen atoms in total. The highest BCUT2D eigenvalue weighted by atomic mass is 16.5. The van der Waals surface area contributed by atoms with Gasteiger partial charge >= 0.3 is 6.01 Å². The standard InChI is InChI=1S/C17H28N4O3/c1-12(22)18-11-13-5-6-17(24-13)7-9-21(10-8-17)15-20-19-14(23-15)16(2,3)4/h13H,5-11H2,1-4H3,(H,18,22). The second-order valence-electron chi connectivity index (χ2n) is 8.03. The summed E-state index contributed by atoms with van der Waals surface area (Å²) in [5, 5.41) is 11.2. The number of piperidine rings is 1. The van der Waals surface area contributed by atoms with E-state index in [0.717, 1.165) is 38.8 Å². The molecule has 2 fully saturated rings. The van der Waals surface area contributed by atoms with Gasteiger partial charge in [0.15, 0.2) is 0 Å². The summed E-state index contributed by atoms with van der Waals surface area (Å²) in [6.07, 6.45) is 4.11. The Labute approximate surface area is 143 Å². The van der Waals surface area contributed by atoms with Crippen LogP contribution >= 0.6 is 0 Å². The molecule has 1 unspecified atom stereocenters. The highest BCUT2D eigenvalue weighted by molar-refractivity contribution is 5.72. The maximum absolute atomic E-state index is 11.0. The van der Waals surface area contributed by atoms with Gasteiger partial charge in [-0.2, -0.15) is 0 Å². The van der Waals surface area contributed by atoms with Gasteiger partial charge in [-0.05, 0) is 25.7 Å². The maximum atomic E-state index is 11.0. The third-order valence-corrected chi connectivity index (χ3v) is 4.92. The Morgan fingerprint density at radius 1 is 1.29 bits per heavy atom. The van der Waals surface area contributed by atoms with Crippen LogP contribution in [0.25, 0.3) is 0 Å². The first kappa shape index (κ1) is 17.2. The van der Waals surface area contributed by atoms with Crippen LogP contribution in [0.1, 0.15) is 59.3 Å². The van der Waals surface area contributed by atoms with Crippen molar-refractivity contribution in [3.63, 3.8) is 0 Å². The molecule has 3 rings (SSSR count). The lowest BCUT2D eigenvalue weighted by Gasteiger charge is -2.38. The fourth-order valence-electron chi connectivity index (χ4n) is 3.42. The van der Waals surface area contributed by atoms with Crippen LogP contribution in [-0.2, 0) is 14.9 Å². The lowest BCUT2D eigenvalue weighted by Crippen LogP contribution is -2.45. The Morgan fingerprint density at radius 2 is 2.00 bits per heavy atom. The molecule has 0 aromatic carbocycles. The molecule has 7 heteroatoms. The number of aromatic nitrogens is 2. The van der Waals surface area contributed by atoms with Gasteiger partial charge < -0.3 is 19.4 Å². The van der Waals surface area contributed by atoms with Crippen molar-refractivity contribution in [2.45, 2.75) is 70.5 Å². The quantitative estimate of drug-likeness (QED) is 0.909. The van der Waals surface area contributed by atoms with Crippen LogP contribution in [0.15, 0.2) is 4.42 Å². The van der Waals surface area contributed by atoms with E-state index in [1.54, 1.807) is 6.92 Å². The summed E-state index contributed by atoms with van der Waals surface area (Å²) in [5.74, 6) is 0.672. The SMILES string of the molecule is CC(=O)NCC1CCC2(CCN(c3nnc(C(C)(C)C)o3)CC2)O1. The fraction of sp³-hybridized carbons (Fsp3) is 0.824.